The van der Waals surface area contributed by atoms with Crippen molar-refractivity contribution in [3.63, 3.8) is 0 Å². The SMILES string of the molecule is CC(C)C[C@H](N)C(=O)O.CC[C@H](C)[C@H](N)C(=O)O.NCC(=O)O.N[C@@H](CO)C(=O)O. The van der Waals surface area contributed by atoms with Gasteiger partial charge >= 0.3 is 23.9 Å². The minimum absolute atomic E-state index is 0.0718. The lowest BCUT2D eigenvalue weighted by Gasteiger charge is -2.11. The van der Waals surface area contributed by atoms with Crippen molar-refractivity contribution < 1.29 is 44.7 Å². The molecule has 0 aliphatic rings. The third kappa shape index (κ3) is 27.9. The summed E-state index contributed by atoms with van der Waals surface area (Å²) in [5.41, 5.74) is 19.8. The molecule has 0 rings (SSSR count). The van der Waals surface area contributed by atoms with Gasteiger partial charge in [0, 0.05) is 0 Å². The van der Waals surface area contributed by atoms with E-state index in [0.29, 0.717) is 12.3 Å². The molecule has 0 aromatic rings. The van der Waals surface area contributed by atoms with Crippen LogP contribution in [0.3, 0.4) is 0 Å². The first-order valence-corrected chi connectivity index (χ1v) is 9.06. The number of carboxylic acids is 4. The van der Waals surface area contributed by atoms with Crippen LogP contribution in [0.1, 0.15) is 40.5 Å². The van der Waals surface area contributed by atoms with Crippen molar-refractivity contribution in [1.29, 1.82) is 0 Å². The van der Waals surface area contributed by atoms with Crippen LogP contribution in [0.15, 0.2) is 0 Å². The first-order valence-electron chi connectivity index (χ1n) is 9.06. The average molecular weight is 443 g/mol. The zero-order chi connectivity index (χ0) is 25.0. The molecule has 0 aromatic carbocycles. The van der Waals surface area contributed by atoms with Gasteiger partial charge in [0.15, 0.2) is 0 Å². The van der Waals surface area contributed by atoms with E-state index in [1.165, 1.54) is 0 Å². The molecule has 0 spiro atoms. The van der Waals surface area contributed by atoms with Gasteiger partial charge in [0.1, 0.15) is 18.1 Å². The van der Waals surface area contributed by atoms with Crippen molar-refractivity contribution >= 4 is 23.9 Å². The number of hydrogen-bond acceptors (Lipinski definition) is 9. The highest BCUT2D eigenvalue weighted by Gasteiger charge is 2.17. The maximum atomic E-state index is 10.2. The molecule has 0 saturated carbocycles. The third-order valence-electron chi connectivity index (χ3n) is 3.27. The van der Waals surface area contributed by atoms with Crippen LogP contribution in [0.4, 0.5) is 0 Å². The number of aliphatic carboxylic acids is 4. The molecular weight excluding hydrogens is 404 g/mol. The normalized spacial score (nSPS) is 13.5. The molecule has 13 heteroatoms. The molecule has 30 heavy (non-hydrogen) atoms. The third-order valence-corrected chi connectivity index (χ3v) is 3.27. The van der Waals surface area contributed by atoms with Crippen LogP contribution in [0.5, 0.6) is 0 Å². The van der Waals surface area contributed by atoms with E-state index in [1.807, 2.05) is 27.7 Å². The van der Waals surface area contributed by atoms with Crippen molar-refractivity contribution in [2.24, 2.45) is 34.8 Å². The summed E-state index contributed by atoms with van der Waals surface area (Å²) in [4.78, 5) is 39.2. The molecule has 0 saturated heterocycles. The van der Waals surface area contributed by atoms with E-state index in [-0.39, 0.29) is 12.5 Å². The van der Waals surface area contributed by atoms with Gasteiger partial charge in [0.05, 0.1) is 13.2 Å². The summed E-state index contributed by atoms with van der Waals surface area (Å²) in [5.74, 6) is -3.54. The van der Waals surface area contributed by atoms with Gasteiger partial charge < -0.3 is 48.5 Å². The number of aliphatic hydroxyl groups excluding tert-OH is 1. The highest BCUT2D eigenvalue weighted by molar-refractivity contribution is 5.73. The van der Waals surface area contributed by atoms with Crippen LogP contribution in [-0.4, -0.2) is 80.7 Å². The van der Waals surface area contributed by atoms with Gasteiger partial charge in [-0.25, -0.2) is 0 Å². The predicted octanol–water partition coefficient (Wildman–Crippen LogP) is -1.69. The molecule has 0 unspecified atom stereocenters. The average Bonchev–Trinajstić information content (AvgIpc) is 2.66. The second kappa shape index (κ2) is 21.4. The molecule has 0 fully saturated rings. The Bertz CT molecular complexity index is 490. The van der Waals surface area contributed by atoms with Crippen LogP contribution in [-0.2, 0) is 19.2 Å². The molecule has 0 aliphatic heterocycles. The predicted molar refractivity (Wildman–Crippen MR) is 110 cm³/mol. The number of hydrogen-bond donors (Lipinski definition) is 9. The molecule has 13 nitrogen and oxygen atoms in total. The Hall–Kier alpha value is -2.32. The Balaban J connectivity index is -0.000000154. The van der Waals surface area contributed by atoms with E-state index >= 15 is 0 Å². The van der Waals surface area contributed by atoms with Crippen molar-refractivity contribution in [3.8, 4) is 0 Å². The van der Waals surface area contributed by atoms with Gasteiger partial charge in [-0.05, 0) is 18.3 Å². The standard InChI is InChI=1S/2C6H13NO2.C3H7NO3.C2H5NO2/c1-4(2)3-5(7)6(8)9;1-3-4(2)5(7)6(8)9;4-2(1-5)3(6)7;3-1-2(4)5/h2*4-5H,3,7H2,1-2H3,(H,8,9);2,5H,1,4H2,(H,6,7);1,3H2,(H,4,5)/t5-;4-,5-;2-;/m000./s1. The lowest BCUT2D eigenvalue weighted by molar-refractivity contribution is -0.140. The number of carbonyl (C=O) groups is 4. The summed E-state index contributed by atoms with van der Waals surface area (Å²) in [6.07, 6.45) is 1.36. The quantitative estimate of drug-likeness (QED) is 0.193. The zero-order valence-electron chi connectivity index (χ0n) is 17.9. The Kier molecular flexibility index (Phi) is 25.1. The maximum absolute atomic E-state index is 10.2. The number of rotatable bonds is 9. The second-order valence-corrected chi connectivity index (χ2v) is 6.55. The molecule has 0 aliphatic carbocycles. The number of nitrogens with two attached hydrogens (primary N) is 4. The Labute approximate surface area is 176 Å². The topological polar surface area (TPSA) is 274 Å². The van der Waals surface area contributed by atoms with E-state index in [1.54, 1.807) is 0 Å². The lowest BCUT2D eigenvalue weighted by Crippen LogP contribution is -2.36. The minimum Gasteiger partial charge on any atom is -0.480 e. The van der Waals surface area contributed by atoms with Crippen LogP contribution >= 0.6 is 0 Å². The van der Waals surface area contributed by atoms with Crippen LogP contribution in [0, 0.1) is 11.8 Å². The van der Waals surface area contributed by atoms with E-state index in [2.05, 4.69) is 5.73 Å². The van der Waals surface area contributed by atoms with Crippen LogP contribution in [0.2, 0.25) is 0 Å². The van der Waals surface area contributed by atoms with Crippen molar-refractivity contribution in [2.45, 2.75) is 58.7 Å². The molecule has 0 aromatic heterocycles. The number of carboxylic acid groups (broad SMARTS) is 4. The van der Waals surface area contributed by atoms with Gasteiger partial charge in [-0.15, -0.1) is 0 Å². The van der Waals surface area contributed by atoms with E-state index in [9.17, 15) is 19.2 Å². The molecule has 0 bridgehead atoms. The van der Waals surface area contributed by atoms with Gasteiger partial charge in [-0.2, -0.15) is 0 Å². The first kappa shape index (κ1) is 35.1. The first-order chi connectivity index (χ1) is 13.6. The zero-order valence-corrected chi connectivity index (χ0v) is 17.9. The molecule has 180 valence electrons. The molecule has 0 heterocycles. The lowest BCUT2D eigenvalue weighted by atomic mass is 10.0. The number of aliphatic hydroxyl groups is 1. The molecule has 0 radical (unpaired) electrons. The molecule has 13 N–H and O–H groups in total. The summed E-state index contributed by atoms with van der Waals surface area (Å²) in [7, 11) is 0. The van der Waals surface area contributed by atoms with Gasteiger partial charge in [-0.1, -0.05) is 34.1 Å². The van der Waals surface area contributed by atoms with Crippen LogP contribution in [0.25, 0.3) is 0 Å². The van der Waals surface area contributed by atoms with Crippen molar-refractivity contribution in [1.82, 2.24) is 0 Å². The summed E-state index contributed by atoms with van der Waals surface area (Å²) in [6, 6.07) is -2.51. The molecule has 4 atom stereocenters. The monoisotopic (exact) mass is 442 g/mol. The Morgan fingerprint density at radius 3 is 1.23 bits per heavy atom. The van der Waals surface area contributed by atoms with Crippen molar-refractivity contribution in [3.05, 3.63) is 0 Å². The van der Waals surface area contributed by atoms with E-state index in [4.69, 9.17) is 42.7 Å². The van der Waals surface area contributed by atoms with E-state index in [0.717, 1.165) is 6.42 Å². The Morgan fingerprint density at radius 1 is 0.800 bits per heavy atom. The fraction of sp³-hybridized carbons (Fsp3) is 0.765. The largest absolute Gasteiger partial charge is 0.480 e. The summed E-state index contributed by atoms with van der Waals surface area (Å²) >= 11 is 0. The van der Waals surface area contributed by atoms with Gasteiger partial charge in [0.2, 0.25) is 0 Å². The summed E-state index contributed by atoms with van der Waals surface area (Å²) in [6.45, 7) is 6.87. The minimum atomic E-state index is -1.18. The Morgan fingerprint density at radius 2 is 1.17 bits per heavy atom. The van der Waals surface area contributed by atoms with Crippen molar-refractivity contribution in [2.75, 3.05) is 13.2 Å². The fourth-order valence-corrected chi connectivity index (χ4v) is 1.18. The van der Waals surface area contributed by atoms with E-state index < -0.39 is 48.6 Å². The molecular formula is C17H38N4O9. The summed E-state index contributed by atoms with van der Waals surface area (Å²) < 4.78 is 0. The highest BCUT2D eigenvalue weighted by atomic mass is 16.4. The summed E-state index contributed by atoms with van der Waals surface area (Å²) in [5, 5.41) is 40.2. The smallest absolute Gasteiger partial charge is 0.322 e. The van der Waals surface area contributed by atoms with Gasteiger partial charge in [-0.3, -0.25) is 19.2 Å². The maximum Gasteiger partial charge on any atom is 0.322 e. The highest BCUT2D eigenvalue weighted by Crippen LogP contribution is 2.04. The fourth-order valence-electron chi connectivity index (χ4n) is 1.18. The molecule has 0 amide bonds. The van der Waals surface area contributed by atoms with Crippen LogP contribution < -0.4 is 22.9 Å². The second-order valence-electron chi connectivity index (χ2n) is 6.55. The van der Waals surface area contributed by atoms with Gasteiger partial charge in [0.25, 0.3) is 0 Å².